The minimum atomic E-state index is 0.583. The molecule has 0 radical (unpaired) electrons. The third-order valence-corrected chi connectivity index (χ3v) is 2.25. The van der Waals surface area contributed by atoms with Gasteiger partial charge in [0.05, 0.1) is 0 Å². The Morgan fingerprint density at radius 1 is 1.07 bits per heavy atom. The van der Waals surface area contributed by atoms with E-state index in [9.17, 15) is 0 Å². The third-order valence-electron chi connectivity index (χ3n) is 2.25. The van der Waals surface area contributed by atoms with Crippen LogP contribution >= 0.6 is 0 Å². The van der Waals surface area contributed by atoms with Crippen molar-refractivity contribution in [2.24, 2.45) is 5.92 Å². The first-order chi connectivity index (χ1) is 6.72. The quantitative estimate of drug-likeness (QED) is 0.574. The molecule has 86 valence electrons. The van der Waals surface area contributed by atoms with Gasteiger partial charge in [-0.15, -0.1) is 0 Å². The Balaban J connectivity index is 0.000000500. The van der Waals surface area contributed by atoms with Crippen molar-refractivity contribution < 1.29 is 18.6 Å². The van der Waals surface area contributed by atoms with Gasteiger partial charge in [0.2, 0.25) is 0 Å². The Kier molecular flexibility index (Phi) is 9.83. The van der Waals surface area contributed by atoms with Crippen LogP contribution in [0, 0.1) is 5.92 Å². The molecule has 0 saturated heterocycles. The van der Waals surface area contributed by atoms with E-state index in [2.05, 4.69) is 42.7 Å². The molecule has 0 saturated carbocycles. The second-order valence-electron chi connectivity index (χ2n) is 3.84. The summed E-state index contributed by atoms with van der Waals surface area (Å²) in [6.07, 6.45) is 12.0. The van der Waals surface area contributed by atoms with Gasteiger partial charge in [-0.1, -0.05) is 37.6 Å². The molecule has 0 aromatic heterocycles. The first-order valence-corrected chi connectivity index (χ1v) is 9.82. The van der Waals surface area contributed by atoms with E-state index in [1.165, 1.54) is 25.7 Å². The average Bonchev–Trinajstić information content (AvgIpc) is 2.03. The summed E-state index contributed by atoms with van der Waals surface area (Å²) in [5.41, 5.74) is 1.65. The number of hydrogen-bond donors (Lipinski definition) is 0. The van der Waals surface area contributed by atoms with Crippen LogP contribution in [0.15, 0.2) is 23.8 Å². The average molecular weight is 375 g/mol. The summed E-state index contributed by atoms with van der Waals surface area (Å²) in [5.74, 6) is 0.751. The Morgan fingerprint density at radius 3 is 2.21 bits per heavy atom. The molecule has 0 aromatic rings. The summed E-state index contributed by atoms with van der Waals surface area (Å²) in [7, 11) is 0. The molecule has 1 rings (SSSR count). The molecular weight excluding hydrogens is 351 g/mol. The van der Waals surface area contributed by atoms with Crippen LogP contribution in [0.1, 0.15) is 39.5 Å². The van der Waals surface area contributed by atoms with E-state index in [0.29, 0.717) is 18.6 Å². The predicted molar refractivity (Wildman–Crippen MR) is 62.3 cm³/mol. The molecule has 0 unspecified atom stereocenters. The summed E-state index contributed by atoms with van der Waals surface area (Å²) < 4.78 is 0. The zero-order valence-corrected chi connectivity index (χ0v) is 12.2. The van der Waals surface area contributed by atoms with Crippen LogP contribution in [-0.4, -0.2) is 0 Å². The van der Waals surface area contributed by atoms with E-state index >= 15 is 0 Å². The Labute approximate surface area is 98.4 Å². The molecule has 1 aliphatic carbocycles. The molecule has 1 aliphatic rings. The molecule has 0 amide bonds. The molecule has 0 aliphatic heterocycles. The van der Waals surface area contributed by atoms with Crippen molar-refractivity contribution >= 4 is 0 Å². The summed E-state index contributed by atoms with van der Waals surface area (Å²) >= 11 is 0.583. The maximum atomic E-state index is 2.42. The van der Waals surface area contributed by atoms with Gasteiger partial charge in [0.1, 0.15) is 0 Å². The van der Waals surface area contributed by atoms with Gasteiger partial charge in [0.25, 0.3) is 0 Å². The third kappa shape index (κ3) is 7.56. The molecule has 0 nitrogen and oxygen atoms in total. The molecule has 0 atom stereocenters. The van der Waals surface area contributed by atoms with Crippen molar-refractivity contribution in [3.63, 3.8) is 0 Å². The number of hydrogen-bond acceptors (Lipinski definition) is 0. The zero-order valence-electron chi connectivity index (χ0n) is 9.95. The topological polar surface area (TPSA) is 0 Å². The van der Waals surface area contributed by atoms with Crippen molar-refractivity contribution in [2.45, 2.75) is 50.2 Å². The molecule has 14 heavy (non-hydrogen) atoms. The second-order valence-corrected chi connectivity index (χ2v) is 6.11. The fourth-order valence-corrected chi connectivity index (χ4v) is 1.48. The van der Waals surface area contributed by atoms with Crippen molar-refractivity contribution in [1.29, 1.82) is 0 Å². The standard InChI is InChI=1S/C11H18.2CH3.Pt/c1-10(2)11-8-6-4-3-5-7-9-11;;;/h3-4,9-10H,5-8H2,1-2H3;2*1H3;/b4-3-,11-9+;;;. The second kappa shape index (κ2) is 9.71. The number of rotatable bonds is 1. The molecule has 1 heteroatoms. The molecule has 0 spiro atoms. The van der Waals surface area contributed by atoms with E-state index in [4.69, 9.17) is 0 Å². The maximum absolute atomic E-state index is 2.42. The molecule has 0 bridgehead atoms. The Hall–Kier alpha value is 0.168. The van der Waals surface area contributed by atoms with Gasteiger partial charge in [0, 0.05) is 0 Å². The van der Waals surface area contributed by atoms with Crippen molar-refractivity contribution in [2.75, 3.05) is 0 Å². The molecule has 0 aromatic carbocycles. The van der Waals surface area contributed by atoms with Crippen molar-refractivity contribution in [3.8, 4) is 0 Å². The van der Waals surface area contributed by atoms with Crippen molar-refractivity contribution in [1.82, 2.24) is 0 Å². The summed E-state index contributed by atoms with van der Waals surface area (Å²) in [5, 5.41) is 4.47. The van der Waals surface area contributed by atoms with Crippen LogP contribution in [0.2, 0.25) is 10.6 Å². The van der Waals surface area contributed by atoms with E-state index in [0.717, 1.165) is 5.92 Å². The van der Waals surface area contributed by atoms with E-state index in [1.54, 1.807) is 5.57 Å². The van der Waals surface area contributed by atoms with Gasteiger partial charge < -0.3 is 0 Å². The fourth-order valence-electron chi connectivity index (χ4n) is 1.48. The molecule has 0 fully saturated rings. The van der Waals surface area contributed by atoms with Gasteiger partial charge in [0.15, 0.2) is 0 Å². The monoisotopic (exact) mass is 375 g/mol. The SMILES string of the molecule is CC(C)/C1=C/CC/C=C\CC1.[CH3][Pt][CH3]. The Bertz CT molecular complexity index is 178. The van der Waals surface area contributed by atoms with Crippen LogP contribution in [0.5, 0.6) is 0 Å². The zero-order chi connectivity index (χ0) is 10.8. The molecule has 0 heterocycles. The van der Waals surface area contributed by atoms with Crippen LogP contribution in [0.4, 0.5) is 0 Å². The molecular formula is C13H24Pt. The van der Waals surface area contributed by atoms with Gasteiger partial charge in [-0.05, 0) is 31.6 Å². The van der Waals surface area contributed by atoms with Crippen molar-refractivity contribution in [3.05, 3.63) is 23.8 Å². The van der Waals surface area contributed by atoms with Crippen LogP contribution < -0.4 is 0 Å². The normalized spacial score (nSPS) is 22.8. The molecule has 0 N–H and O–H groups in total. The minimum absolute atomic E-state index is 0.583. The fraction of sp³-hybridized carbons (Fsp3) is 0.692. The predicted octanol–water partition coefficient (Wildman–Crippen LogP) is 4.86. The van der Waals surface area contributed by atoms with Gasteiger partial charge in [-0.3, -0.25) is 0 Å². The van der Waals surface area contributed by atoms with Crippen LogP contribution in [0.25, 0.3) is 0 Å². The number of allylic oxidation sites excluding steroid dienone is 4. The van der Waals surface area contributed by atoms with Gasteiger partial charge in [-0.25, -0.2) is 0 Å². The Morgan fingerprint density at radius 2 is 1.64 bits per heavy atom. The van der Waals surface area contributed by atoms with Gasteiger partial charge in [-0.2, -0.15) is 0 Å². The first-order valence-electron chi connectivity index (χ1n) is 5.28. The first kappa shape index (κ1) is 14.2. The van der Waals surface area contributed by atoms with E-state index in [-0.39, 0.29) is 0 Å². The van der Waals surface area contributed by atoms with Gasteiger partial charge >= 0.3 is 29.2 Å². The van der Waals surface area contributed by atoms with Crippen LogP contribution in [-0.2, 0) is 18.6 Å². The van der Waals surface area contributed by atoms with E-state index < -0.39 is 0 Å². The summed E-state index contributed by atoms with van der Waals surface area (Å²) in [4.78, 5) is 0. The van der Waals surface area contributed by atoms with E-state index in [1.807, 2.05) is 0 Å². The summed E-state index contributed by atoms with van der Waals surface area (Å²) in [6.45, 7) is 4.58. The summed E-state index contributed by atoms with van der Waals surface area (Å²) in [6, 6.07) is 0. The van der Waals surface area contributed by atoms with Crippen LogP contribution in [0.3, 0.4) is 0 Å².